The summed E-state index contributed by atoms with van der Waals surface area (Å²) >= 11 is 0. The quantitative estimate of drug-likeness (QED) is 0.746. The first kappa shape index (κ1) is 15.7. The Bertz CT molecular complexity index is 901. The molecule has 6 heteroatoms. The highest BCUT2D eigenvalue weighted by molar-refractivity contribution is 5.96. The summed E-state index contributed by atoms with van der Waals surface area (Å²) in [5.74, 6) is -0.667. The van der Waals surface area contributed by atoms with Crippen LogP contribution in [0.15, 0.2) is 53.3 Å². The Kier molecular flexibility index (Phi) is 4.29. The van der Waals surface area contributed by atoms with Gasteiger partial charge in [-0.15, -0.1) is 0 Å². The predicted octanol–water partition coefficient (Wildman–Crippen LogP) is 2.78. The molecule has 0 aliphatic heterocycles. The second-order valence-electron chi connectivity index (χ2n) is 5.29. The first-order valence-corrected chi connectivity index (χ1v) is 7.37. The molecule has 0 bridgehead atoms. The monoisotopic (exact) mass is 324 g/mol. The molecule has 0 unspecified atom stereocenters. The minimum absolute atomic E-state index is 0.143. The van der Waals surface area contributed by atoms with E-state index in [1.165, 1.54) is 13.5 Å². The van der Waals surface area contributed by atoms with E-state index in [9.17, 15) is 9.59 Å². The van der Waals surface area contributed by atoms with E-state index in [0.29, 0.717) is 11.3 Å². The Balaban J connectivity index is 1.95. The van der Waals surface area contributed by atoms with E-state index in [-0.39, 0.29) is 5.69 Å². The molecule has 1 amide bonds. The van der Waals surface area contributed by atoms with Gasteiger partial charge in [0.15, 0.2) is 18.1 Å². The van der Waals surface area contributed by atoms with Crippen LogP contribution in [0.2, 0.25) is 0 Å². The van der Waals surface area contributed by atoms with Crippen molar-refractivity contribution in [1.29, 1.82) is 0 Å². The third-order valence-electron chi connectivity index (χ3n) is 3.78. The number of aromatic nitrogens is 1. The van der Waals surface area contributed by atoms with Crippen molar-refractivity contribution in [1.82, 2.24) is 10.3 Å². The van der Waals surface area contributed by atoms with Crippen molar-refractivity contribution in [3.05, 3.63) is 65.9 Å². The lowest BCUT2D eigenvalue weighted by molar-refractivity contribution is -0.143. The predicted molar refractivity (Wildman–Crippen MR) is 87.4 cm³/mol. The highest BCUT2D eigenvalue weighted by Gasteiger charge is 2.26. The van der Waals surface area contributed by atoms with Gasteiger partial charge in [0.2, 0.25) is 0 Å². The van der Waals surface area contributed by atoms with Crippen molar-refractivity contribution < 1.29 is 18.7 Å². The molecule has 1 heterocycles. The van der Waals surface area contributed by atoms with Crippen molar-refractivity contribution in [3.63, 3.8) is 0 Å². The van der Waals surface area contributed by atoms with Crippen LogP contribution in [0.1, 0.15) is 27.9 Å². The number of hydrogen-bond acceptors (Lipinski definition) is 5. The van der Waals surface area contributed by atoms with Gasteiger partial charge in [-0.2, -0.15) is 0 Å². The Labute approximate surface area is 138 Å². The summed E-state index contributed by atoms with van der Waals surface area (Å²) < 4.78 is 9.86. The van der Waals surface area contributed by atoms with Crippen LogP contribution in [-0.2, 0) is 9.53 Å². The molecule has 122 valence electrons. The molecule has 3 rings (SSSR count). The van der Waals surface area contributed by atoms with Gasteiger partial charge in [-0.05, 0) is 29.3 Å². The summed E-state index contributed by atoms with van der Waals surface area (Å²) in [6.07, 6.45) is 1.19. The maximum atomic E-state index is 12.4. The topological polar surface area (TPSA) is 81.4 Å². The van der Waals surface area contributed by atoms with E-state index < -0.39 is 17.9 Å². The molecule has 0 fully saturated rings. The van der Waals surface area contributed by atoms with Gasteiger partial charge < -0.3 is 14.5 Å². The minimum Gasteiger partial charge on any atom is -0.467 e. The number of rotatable bonds is 4. The number of methoxy groups -OCH3 is 1. The summed E-state index contributed by atoms with van der Waals surface area (Å²) in [5, 5.41) is 4.67. The number of carbonyl (C=O) groups is 2. The molecule has 0 aliphatic rings. The van der Waals surface area contributed by atoms with Crippen molar-refractivity contribution >= 4 is 22.6 Å². The molecule has 3 aromatic rings. The van der Waals surface area contributed by atoms with Crippen LogP contribution in [0, 0.1) is 6.92 Å². The molecule has 0 spiro atoms. The largest absolute Gasteiger partial charge is 0.467 e. The van der Waals surface area contributed by atoms with Gasteiger partial charge in [0.1, 0.15) is 5.76 Å². The highest BCUT2D eigenvalue weighted by Crippen LogP contribution is 2.22. The van der Waals surface area contributed by atoms with Gasteiger partial charge in [-0.25, -0.2) is 9.78 Å². The zero-order chi connectivity index (χ0) is 17.1. The fourth-order valence-electron chi connectivity index (χ4n) is 2.51. The molecule has 0 radical (unpaired) electrons. The van der Waals surface area contributed by atoms with Crippen LogP contribution < -0.4 is 5.32 Å². The fraction of sp³-hybridized carbons (Fsp3) is 0.167. The molecular weight excluding hydrogens is 308 g/mol. The highest BCUT2D eigenvalue weighted by atomic mass is 16.5. The van der Waals surface area contributed by atoms with Crippen molar-refractivity contribution in [2.45, 2.75) is 13.0 Å². The lowest BCUT2D eigenvalue weighted by atomic mass is 10.0. The number of carbonyl (C=O) groups excluding carboxylic acids is 2. The maximum Gasteiger partial charge on any atom is 0.333 e. The van der Waals surface area contributed by atoms with Crippen LogP contribution in [-0.4, -0.2) is 24.0 Å². The molecule has 1 atom stereocenters. The lowest BCUT2D eigenvalue weighted by Crippen LogP contribution is -2.35. The number of fused-ring (bicyclic) bond motifs is 1. The lowest BCUT2D eigenvalue weighted by Gasteiger charge is -2.17. The standard InChI is InChI=1S/C18H16N2O4/c1-11-15(19-10-24-11)17(21)20-16(18(22)23-2)14-8-7-12-5-3-4-6-13(12)9-14/h3-10,16H,1-2H3,(H,20,21)/t16-/m1/s1. The van der Waals surface area contributed by atoms with Gasteiger partial charge >= 0.3 is 5.97 Å². The fourth-order valence-corrected chi connectivity index (χ4v) is 2.51. The first-order valence-electron chi connectivity index (χ1n) is 7.37. The zero-order valence-corrected chi connectivity index (χ0v) is 13.3. The molecular formula is C18H16N2O4. The number of nitrogens with zero attached hydrogens (tertiary/aromatic N) is 1. The molecule has 24 heavy (non-hydrogen) atoms. The van der Waals surface area contributed by atoms with Gasteiger partial charge in [0.05, 0.1) is 7.11 Å². The number of aryl methyl sites for hydroxylation is 1. The van der Waals surface area contributed by atoms with Gasteiger partial charge in [0, 0.05) is 0 Å². The minimum atomic E-state index is -0.928. The van der Waals surface area contributed by atoms with Crippen LogP contribution in [0.5, 0.6) is 0 Å². The van der Waals surface area contributed by atoms with Crippen molar-refractivity contribution in [3.8, 4) is 0 Å². The van der Waals surface area contributed by atoms with E-state index in [0.717, 1.165) is 10.8 Å². The number of benzene rings is 2. The van der Waals surface area contributed by atoms with Crippen LogP contribution in [0.4, 0.5) is 0 Å². The van der Waals surface area contributed by atoms with Crippen molar-refractivity contribution in [2.24, 2.45) is 0 Å². The van der Waals surface area contributed by atoms with Crippen LogP contribution in [0.3, 0.4) is 0 Å². The Hall–Kier alpha value is -3.15. The number of nitrogens with one attached hydrogen (secondary N) is 1. The van der Waals surface area contributed by atoms with Gasteiger partial charge in [-0.1, -0.05) is 36.4 Å². The number of amides is 1. The summed E-state index contributed by atoms with van der Waals surface area (Å²) in [6.45, 7) is 1.63. The molecule has 0 saturated carbocycles. The SMILES string of the molecule is COC(=O)[C@H](NC(=O)c1ncoc1C)c1ccc2ccccc2c1. The molecule has 2 aromatic carbocycles. The first-order chi connectivity index (χ1) is 11.6. The summed E-state index contributed by atoms with van der Waals surface area (Å²) in [7, 11) is 1.28. The normalized spacial score (nSPS) is 11.9. The van der Waals surface area contributed by atoms with E-state index in [1.54, 1.807) is 13.0 Å². The maximum absolute atomic E-state index is 12.4. The number of ether oxygens (including phenoxy) is 1. The summed E-state index contributed by atoms with van der Waals surface area (Å²) in [6, 6.07) is 12.4. The number of hydrogen-bond donors (Lipinski definition) is 1. The summed E-state index contributed by atoms with van der Waals surface area (Å²) in [4.78, 5) is 28.4. The second kappa shape index (κ2) is 6.54. The number of oxazole rings is 1. The van der Waals surface area contributed by atoms with Crippen LogP contribution in [0.25, 0.3) is 10.8 Å². The third kappa shape index (κ3) is 2.99. The van der Waals surface area contributed by atoms with E-state index in [4.69, 9.17) is 9.15 Å². The Morgan fingerprint density at radius 3 is 2.58 bits per heavy atom. The van der Waals surface area contributed by atoms with Gasteiger partial charge in [0.25, 0.3) is 5.91 Å². The van der Waals surface area contributed by atoms with E-state index in [1.807, 2.05) is 36.4 Å². The van der Waals surface area contributed by atoms with E-state index >= 15 is 0 Å². The molecule has 6 nitrogen and oxygen atoms in total. The molecule has 1 aromatic heterocycles. The second-order valence-corrected chi connectivity index (χ2v) is 5.29. The smallest absolute Gasteiger partial charge is 0.333 e. The van der Waals surface area contributed by atoms with Crippen LogP contribution >= 0.6 is 0 Å². The molecule has 0 saturated heterocycles. The molecule has 1 N–H and O–H groups in total. The Morgan fingerprint density at radius 2 is 1.92 bits per heavy atom. The summed E-state index contributed by atoms with van der Waals surface area (Å²) in [5.41, 5.74) is 0.778. The van der Waals surface area contributed by atoms with Gasteiger partial charge in [-0.3, -0.25) is 4.79 Å². The Morgan fingerprint density at radius 1 is 1.17 bits per heavy atom. The van der Waals surface area contributed by atoms with E-state index in [2.05, 4.69) is 10.3 Å². The van der Waals surface area contributed by atoms with Crippen molar-refractivity contribution in [2.75, 3.05) is 7.11 Å². The third-order valence-corrected chi connectivity index (χ3v) is 3.78. The number of esters is 1. The molecule has 0 aliphatic carbocycles. The zero-order valence-electron chi connectivity index (χ0n) is 13.3. The average Bonchev–Trinajstić information content (AvgIpc) is 3.04. The average molecular weight is 324 g/mol.